The Morgan fingerprint density at radius 3 is 3.27 bits per heavy atom. The summed E-state index contributed by atoms with van der Waals surface area (Å²) in [6.45, 7) is 0. The highest BCUT2D eigenvalue weighted by atomic mass is 16.5. The fraction of sp³-hybridized carbons (Fsp3) is 0.571. The van der Waals surface area contributed by atoms with E-state index >= 15 is 0 Å². The Bertz CT molecular complexity index is 312. The predicted octanol–water partition coefficient (Wildman–Crippen LogP) is -0.216. The van der Waals surface area contributed by atoms with Crippen molar-refractivity contribution in [3.8, 4) is 0 Å². The summed E-state index contributed by atoms with van der Waals surface area (Å²) in [5, 5.41) is 2.31. The Morgan fingerprint density at radius 2 is 2.45 bits per heavy atom. The number of aromatic nitrogens is 1. The molecule has 0 fully saturated rings. The first-order valence-electron chi connectivity index (χ1n) is 3.72. The van der Waals surface area contributed by atoms with E-state index in [1.165, 1.54) is 0 Å². The topological polar surface area (TPSA) is 72.0 Å². The lowest BCUT2D eigenvalue weighted by atomic mass is 9.95. The number of rotatable bonds is 0. The molecule has 1 unspecified atom stereocenters. The second kappa shape index (κ2) is 2.23. The first-order valence-corrected chi connectivity index (χ1v) is 3.72. The molecule has 4 nitrogen and oxygen atoms in total. The van der Waals surface area contributed by atoms with Crippen LogP contribution in [0.2, 0.25) is 0 Å². The molecule has 4 heteroatoms. The quantitative estimate of drug-likeness (QED) is 0.542. The molecule has 2 rings (SSSR count). The maximum absolute atomic E-state index is 11.0. The van der Waals surface area contributed by atoms with Gasteiger partial charge in [0.25, 0.3) is 5.56 Å². The van der Waals surface area contributed by atoms with Gasteiger partial charge in [-0.15, -0.1) is 0 Å². The lowest BCUT2D eigenvalue weighted by Crippen LogP contribution is -2.29. The van der Waals surface area contributed by atoms with Crippen LogP contribution in [0.1, 0.15) is 17.7 Å². The van der Waals surface area contributed by atoms with Crippen LogP contribution in [-0.2, 0) is 12.8 Å². The van der Waals surface area contributed by atoms with E-state index in [1.807, 2.05) is 0 Å². The lowest BCUT2D eigenvalue weighted by Gasteiger charge is -2.14. The molecule has 0 bridgehead atoms. The van der Waals surface area contributed by atoms with Gasteiger partial charge in [0.05, 0.1) is 5.56 Å². The van der Waals surface area contributed by atoms with Crippen LogP contribution in [0.4, 0.5) is 0 Å². The molecule has 3 N–H and O–H groups in total. The second-order valence-electron chi connectivity index (χ2n) is 2.94. The van der Waals surface area contributed by atoms with Crippen molar-refractivity contribution < 1.29 is 4.52 Å². The average Bonchev–Trinajstić information content (AvgIpc) is 2.33. The van der Waals surface area contributed by atoms with E-state index in [1.54, 1.807) is 0 Å². The van der Waals surface area contributed by atoms with E-state index in [9.17, 15) is 4.79 Å². The maximum Gasteiger partial charge on any atom is 0.283 e. The highest BCUT2D eigenvalue weighted by Crippen LogP contribution is 2.16. The summed E-state index contributed by atoms with van der Waals surface area (Å²) in [5.74, 6) is 0.789. The molecule has 0 saturated heterocycles. The largest absolute Gasteiger partial charge is 0.383 e. The SMILES string of the molecule is NC1CCc2o[nH]c(=O)c2C1. The number of hydrogen-bond acceptors (Lipinski definition) is 3. The van der Waals surface area contributed by atoms with Crippen LogP contribution in [0.15, 0.2) is 9.32 Å². The van der Waals surface area contributed by atoms with E-state index in [2.05, 4.69) is 5.16 Å². The zero-order valence-electron chi connectivity index (χ0n) is 6.09. The molecule has 1 aliphatic carbocycles. The number of nitrogens with two attached hydrogens (primary N) is 1. The van der Waals surface area contributed by atoms with Crippen LogP contribution in [0.3, 0.4) is 0 Å². The van der Waals surface area contributed by atoms with Gasteiger partial charge in [0.1, 0.15) is 5.76 Å². The summed E-state index contributed by atoms with van der Waals surface area (Å²) in [4.78, 5) is 11.0. The lowest BCUT2D eigenvalue weighted by molar-refractivity contribution is 0.363. The molecule has 11 heavy (non-hydrogen) atoms. The first kappa shape index (κ1) is 6.67. The van der Waals surface area contributed by atoms with Crippen LogP contribution in [0, 0.1) is 0 Å². The molecular formula is C7H10N2O2. The molecule has 0 spiro atoms. The summed E-state index contributed by atoms with van der Waals surface area (Å²) in [7, 11) is 0. The highest BCUT2D eigenvalue weighted by molar-refractivity contribution is 5.18. The third-order valence-corrected chi connectivity index (χ3v) is 2.09. The molecule has 1 aromatic rings. The van der Waals surface area contributed by atoms with Crippen LogP contribution in [-0.4, -0.2) is 11.2 Å². The van der Waals surface area contributed by atoms with Crippen molar-refractivity contribution in [3.05, 3.63) is 21.7 Å². The fourth-order valence-electron chi connectivity index (χ4n) is 1.45. The normalized spacial score (nSPS) is 23.2. The summed E-state index contributed by atoms with van der Waals surface area (Å²) >= 11 is 0. The van der Waals surface area contributed by atoms with Crippen LogP contribution in [0.5, 0.6) is 0 Å². The van der Waals surface area contributed by atoms with Gasteiger partial charge in [0.15, 0.2) is 0 Å². The van der Waals surface area contributed by atoms with Crippen LogP contribution >= 0.6 is 0 Å². The smallest absolute Gasteiger partial charge is 0.283 e. The third-order valence-electron chi connectivity index (χ3n) is 2.09. The third kappa shape index (κ3) is 0.991. The minimum atomic E-state index is -0.116. The van der Waals surface area contributed by atoms with E-state index in [-0.39, 0.29) is 11.6 Å². The maximum atomic E-state index is 11.0. The number of aromatic amines is 1. The van der Waals surface area contributed by atoms with Crippen molar-refractivity contribution in [2.75, 3.05) is 0 Å². The van der Waals surface area contributed by atoms with E-state index in [4.69, 9.17) is 10.3 Å². The zero-order valence-corrected chi connectivity index (χ0v) is 6.09. The van der Waals surface area contributed by atoms with E-state index in [0.29, 0.717) is 6.42 Å². The Hall–Kier alpha value is -1.03. The van der Waals surface area contributed by atoms with Gasteiger partial charge < -0.3 is 10.3 Å². The first-order chi connectivity index (χ1) is 5.27. The standard InChI is InChI=1S/C7H10N2O2/c8-4-1-2-6-5(3-4)7(10)9-11-6/h4H,1-3,8H2,(H,9,10). The predicted molar refractivity (Wildman–Crippen MR) is 39.3 cm³/mol. The minimum Gasteiger partial charge on any atom is -0.383 e. The van der Waals surface area contributed by atoms with Crippen molar-refractivity contribution in [1.29, 1.82) is 0 Å². The highest BCUT2D eigenvalue weighted by Gasteiger charge is 2.21. The Balaban J connectivity index is 2.45. The number of H-pyrrole nitrogens is 1. The summed E-state index contributed by atoms with van der Waals surface area (Å²) in [6, 6.07) is 0.126. The van der Waals surface area contributed by atoms with Gasteiger partial charge in [-0.05, 0) is 12.8 Å². The summed E-state index contributed by atoms with van der Waals surface area (Å²) in [6.07, 6.45) is 2.35. The van der Waals surface area contributed by atoms with Gasteiger partial charge >= 0.3 is 0 Å². The summed E-state index contributed by atoms with van der Waals surface area (Å²) in [5.41, 5.74) is 6.31. The molecule has 60 valence electrons. The molecule has 1 aliphatic rings. The minimum absolute atomic E-state index is 0.116. The van der Waals surface area contributed by atoms with Crippen molar-refractivity contribution in [2.24, 2.45) is 5.73 Å². The Labute approximate surface area is 63.4 Å². The van der Waals surface area contributed by atoms with Crippen molar-refractivity contribution >= 4 is 0 Å². The van der Waals surface area contributed by atoms with Gasteiger partial charge in [0, 0.05) is 12.5 Å². The van der Waals surface area contributed by atoms with E-state index < -0.39 is 0 Å². The van der Waals surface area contributed by atoms with Gasteiger partial charge in [-0.1, -0.05) is 0 Å². The van der Waals surface area contributed by atoms with Gasteiger partial charge in [-0.2, -0.15) is 5.16 Å². The van der Waals surface area contributed by atoms with Crippen LogP contribution in [0.25, 0.3) is 0 Å². The molecule has 0 saturated carbocycles. The van der Waals surface area contributed by atoms with Crippen molar-refractivity contribution in [2.45, 2.75) is 25.3 Å². The molecule has 0 amide bonds. The number of fused-ring (bicyclic) bond motifs is 1. The molecule has 1 atom stereocenters. The van der Waals surface area contributed by atoms with Crippen molar-refractivity contribution in [3.63, 3.8) is 0 Å². The molecule has 1 heterocycles. The Morgan fingerprint density at radius 1 is 1.64 bits per heavy atom. The molecule has 0 aromatic carbocycles. The monoisotopic (exact) mass is 154 g/mol. The van der Waals surface area contributed by atoms with E-state index in [0.717, 1.165) is 24.2 Å². The molecular weight excluding hydrogens is 144 g/mol. The number of hydrogen-bond donors (Lipinski definition) is 2. The summed E-state index contributed by atoms with van der Waals surface area (Å²) < 4.78 is 4.94. The Kier molecular flexibility index (Phi) is 1.35. The molecule has 0 aliphatic heterocycles. The number of aryl methyl sites for hydroxylation is 1. The fourth-order valence-corrected chi connectivity index (χ4v) is 1.45. The molecule has 1 aromatic heterocycles. The van der Waals surface area contributed by atoms with Crippen molar-refractivity contribution in [1.82, 2.24) is 5.16 Å². The molecule has 0 radical (unpaired) electrons. The van der Waals surface area contributed by atoms with Gasteiger partial charge in [-0.3, -0.25) is 4.79 Å². The zero-order chi connectivity index (χ0) is 7.84. The second-order valence-corrected chi connectivity index (χ2v) is 2.94. The number of nitrogens with one attached hydrogen (secondary N) is 1. The van der Waals surface area contributed by atoms with Gasteiger partial charge in [-0.25, -0.2) is 0 Å². The van der Waals surface area contributed by atoms with Crippen LogP contribution < -0.4 is 11.3 Å². The van der Waals surface area contributed by atoms with Gasteiger partial charge in [0.2, 0.25) is 0 Å². The average molecular weight is 154 g/mol.